The average molecular weight is 260 g/mol. The molecule has 0 radical (unpaired) electrons. The fourth-order valence-electron chi connectivity index (χ4n) is 2.15. The van der Waals surface area contributed by atoms with Crippen molar-refractivity contribution in [2.75, 3.05) is 12.0 Å². The topological polar surface area (TPSA) is 20.2 Å². The molecule has 2 unspecified atom stereocenters. The lowest BCUT2D eigenvalue weighted by atomic mass is 10.00. The molecule has 0 aliphatic rings. The molecule has 0 aromatic rings. The first-order valence-electron chi connectivity index (χ1n) is 7.39. The van der Waals surface area contributed by atoms with E-state index in [2.05, 4.69) is 20.1 Å². The van der Waals surface area contributed by atoms with Crippen LogP contribution in [0.5, 0.6) is 0 Å². The number of rotatable bonds is 12. The van der Waals surface area contributed by atoms with E-state index in [0.717, 1.165) is 12.2 Å². The van der Waals surface area contributed by atoms with Crippen molar-refractivity contribution in [1.29, 1.82) is 0 Å². The van der Waals surface area contributed by atoms with Gasteiger partial charge in [-0.05, 0) is 24.3 Å². The molecular weight excluding hydrogens is 228 g/mol. The minimum atomic E-state index is -0.0810. The van der Waals surface area contributed by atoms with E-state index in [0.29, 0.717) is 5.92 Å². The second-order valence-electron chi connectivity index (χ2n) is 5.26. The van der Waals surface area contributed by atoms with Crippen molar-refractivity contribution < 1.29 is 5.11 Å². The summed E-state index contributed by atoms with van der Waals surface area (Å²) < 4.78 is 0. The Hall–Kier alpha value is 0.310. The number of hydrogen-bond donors (Lipinski definition) is 1. The van der Waals surface area contributed by atoms with Crippen LogP contribution >= 0.6 is 11.8 Å². The first-order valence-corrected chi connectivity index (χ1v) is 8.78. The summed E-state index contributed by atoms with van der Waals surface area (Å²) in [6.07, 6.45) is 13.8. The zero-order valence-electron chi connectivity index (χ0n) is 12.1. The Morgan fingerprint density at radius 2 is 1.47 bits per heavy atom. The Kier molecular flexibility index (Phi) is 13.0. The maximum absolute atomic E-state index is 9.91. The Morgan fingerprint density at radius 3 is 2.00 bits per heavy atom. The minimum Gasteiger partial charge on any atom is -0.393 e. The van der Waals surface area contributed by atoms with Gasteiger partial charge in [0.25, 0.3) is 0 Å². The number of thioether (sulfide) groups is 1. The summed E-state index contributed by atoms with van der Waals surface area (Å²) in [5.41, 5.74) is 0. The van der Waals surface area contributed by atoms with Crippen LogP contribution in [0.1, 0.15) is 71.6 Å². The molecule has 0 spiro atoms. The van der Waals surface area contributed by atoms with Crippen LogP contribution in [0.4, 0.5) is 0 Å². The third-order valence-electron chi connectivity index (χ3n) is 3.44. The zero-order valence-corrected chi connectivity index (χ0v) is 12.9. The molecule has 0 aliphatic carbocycles. The molecule has 1 nitrogen and oxygen atoms in total. The first-order chi connectivity index (χ1) is 8.22. The highest BCUT2D eigenvalue weighted by molar-refractivity contribution is 7.98. The highest BCUT2D eigenvalue weighted by Crippen LogP contribution is 2.16. The van der Waals surface area contributed by atoms with Crippen LogP contribution in [0.25, 0.3) is 0 Å². The molecule has 0 aromatic carbocycles. The number of hydrogen-bond acceptors (Lipinski definition) is 2. The van der Waals surface area contributed by atoms with E-state index < -0.39 is 0 Å². The maximum atomic E-state index is 9.91. The van der Waals surface area contributed by atoms with Crippen LogP contribution in [-0.4, -0.2) is 23.2 Å². The number of unbranched alkanes of at least 4 members (excludes halogenated alkanes) is 7. The van der Waals surface area contributed by atoms with E-state index in [-0.39, 0.29) is 6.10 Å². The van der Waals surface area contributed by atoms with Crippen molar-refractivity contribution in [3.05, 3.63) is 0 Å². The smallest absolute Gasteiger partial charge is 0.0573 e. The molecule has 0 aliphatic heterocycles. The number of aliphatic hydroxyl groups excluding tert-OH is 1. The van der Waals surface area contributed by atoms with Gasteiger partial charge in [-0.15, -0.1) is 0 Å². The molecule has 0 saturated carbocycles. The van der Waals surface area contributed by atoms with Gasteiger partial charge in [-0.2, -0.15) is 11.8 Å². The van der Waals surface area contributed by atoms with Gasteiger partial charge in [0.05, 0.1) is 6.10 Å². The van der Waals surface area contributed by atoms with E-state index in [1.54, 1.807) is 0 Å². The van der Waals surface area contributed by atoms with Crippen LogP contribution < -0.4 is 0 Å². The van der Waals surface area contributed by atoms with Crippen molar-refractivity contribution in [3.8, 4) is 0 Å². The van der Waals surface area contributed by atoms with Crippen molar-refractivity contribution in [2.24, 2.45) is 5.92 Å². The largest absolute Gasteiger partial charge is 0.393 e. The second kappa shape index (κ2) is 12.8. The van der Waals surface area contributed by atoms with E-state index in [9.17, 15) is 5.11 Å². The zero-order chi connectivity index (χ0) is 12.9. The van der Waals surface area contributed by atoms with E-state index >= 15 is 0 Å². The lowest BCUT2D eigenvalue weighted by Crippen LogP contribution is -2.19. The van der Waals surface area contributed by atoms with Gasteiger partial charge in [-0.3, -0.25) is 0 Å². The molecule has 17 heavy (non-hydrogen) atoms. The average Bonchev–Trinajstić information content (AvgIpc) is 2.32. The SMILES string of the molecule is CCCCCCCCCCC(O)C(C)CSC. The fraction of sp³-hybridized carbons (Fsp3) is 1.00. The van der Waals surface area contributed by atoms with Gasteiger partial charge in [0.1, 0.15) is 0 Å². The van der Waals surface area contributed by atoms with Gasteiger partial charge in [-0.1, -0.05) is 65.2 Å². The summed E-state index contributed by atoms with van der Waals surface area (Å²) >= 11 is 1.83. The third-order valence-corrected chi connectivity index (χ3v) is 4.30. The first kappa shape index (κ1) is 17.3. The summed E-state index contributed by atoms with van der Waals surface area (Å²) in [7, 11) is 0. The fourth-order valence-corrected chi connectivity index (χ4v) is 2.89. The molecule has 2 heteroatoms. The van der Waals surface area contributed by atoms with Crippen LogP contribution in [-0.2, 0) is 0 Å². The summed E-state index contributed by atoms with van der Waals surface area (Å²) in [4.78, 5) is 0. The third kappa shape index (κ3) is 11.1. The minimum absolute atomic E-state index is 0.0810. The molecule has 0 heterocycles. The van der Waals surface area contributed by atoms with Gasteiger partial charge in [0, 0.05) is 0 Å². The molecule has 0 fully saturated rings. The lowest BCUT2D eigenvalue weighted by Gasteiger charge is -2.17. The highest BCUT2D eigenvalue weighted by atomic mass is 32.2. The summed E-state index contributed by atoms with van der Waals surface area (Å²) in [6, 6.07) is 0. The van der Waals surface area contributed by atoms with Crippen LogP contribution in [0.15, 0.2) is 0 Å². The Bertz CT molecular complexity index is 150. The Labute approximate surface area is 113 Å². The summed E-state index contributed by atoms with van der Waals surface area (Å²) in [5, 5.41) is 9.91. The van der Waals surface area contributed by atoms with E-state index in [4.69, 9.17) is 0 Å². The quantitative estimate of drug-likeness (QED) is 0.505. The summed E-state index contributed by atoms with van der Waals surface area (Å²) in [6.45, 7) is 4.42. The van der Waals surface area contributed by atoms with Gasteiger partial charge >= 0.3 is 0 Å². The van der Waals surface area contributed by atoms with Crippen LogP contribution in [0.3, 0.4) is 0 Å². The molecule has 1 N–H and O–H groups in total. The van der Waals surface area contributed by atoms with Crippen molar-refractivity contribution in [3.63, 3.8) is 0 Å². The molecule has 0 aromatic heterocycles. The predicted molar refractivity (Wildman–Crippen MR) is 80.8 cm³/mol. The van der Waals surface area contributed by atoms with Crippen LogP contribution in [0.2, 0.25) is 0 Å². The van der Waals surface area contributed by atoms with Gasteiger partial charge in [-0.25, -0.2) is 0 Å². The molecule has 2 atom stereocenters. The normalized spacial score (nSPS) is 14.8. The molecule has 0 amide bonds. The molecule has 0 rings (SSSR count). The highest BCUT2D eigenvalue weighted by Gasteiger charge is 2.12. The molecule has 0 bridgehead atoms. The van der Waals surface area contributed by atoms with Gasteiger partial charge < -0.3 is 5.11 Å². The molecule has 104 valence electrons. The van der Waals surface area contributed by atoms with Crippen molar-refractivity contribution in [2.45, 2.75) is 77.7 Å². The second-order valence-corrected chi connectivity index (χ2v) is 6.17. The van der Waals surface area contributed by atoms with E-state index in [1.165, 1.54) is 51.4 Å². The number of aliphatic hydroxyl groups is 1. The van der Waals surface area contributed by atoms with E-state index in [1.807, 2.05) is 11.8 Å². The van der Waals surface area contributed by atoms with Gasteiger partial charge in [0.15, 0.2) is 0 Å². The monoisotopic (exact) mass is 260 g/mol. The molecular formula is C15H32OS. The predicted octanol–water partition coefficient (Wildman–Crippen LogP) is 4.88. The Balaban J connectivity index is 3.21. The standard InChI is InChI=1S/C15H32OS/c1-4-5-6-7-8-9-10-11-12-15(16)14(2)13-17-3/h14-16H,4-13H2,1-3H3. The van der Waals surface area contributed by atoms with Crippen molar-refractivity contribution in [1.82, 2.24) is 0 Å². The van der Waals surface area contributed by atoms with Gasteiger partial charge in [0.2, 0.25) is 0 Å². The lowest BCUT2D eigenvalue weighted by molar-refractivity contribution is 0.115. The molecule has 0 saturated heterocycles. The summed E-state index contributed by atoms with van der Waals surface area (Å²) in [5.74, 6) is 1.53. The maximum Gasteiger partial charge on any atom is 0.0573 e. The Morgan fingerprint density at radius 1 is 0.941 bits per heavy atom. The van der Waals surface area contributed by atoms with Crippen LogP contribution in [0, 0.1) is 5.92 Å². The van der Waals surface area contributed by atoms with Crippen molar-refractivity contribution >= 4 is 11.8 Å².